The topological polar surface area (TPSA) is 88.5 Å². The number of carbonyl (C=O) groups excluding carboxylic acids is 1. The van der Waals surface area contributed by atoms with Crippen LogP contribution < -0.4 is 14.5 Å². The lowest BCUT2D eigenvalue weighted by atomic mass is 10.0. The van der Waals surface area contributed by atoms with E-state index in [-0.39, 0.29) is 5.97 Å². The molecule has 0 aliphatic rings. The van der Waals surface area contributed by atoms with E-state index in [0.717, 1.165) is 28.0 Å². The molecule has 4 aromatic carbocycles. The van der Waals surface area contributed by atoms with E-state index in [1.165, 1.54) is 4.68 Å². The number of methoxy groups -OCH3 is 1. The molecule has 1 aromatic heterocycles. The van der Waals surface area contributed by atoms with E-state index < -0.39 is 5.95 Å². The van der Waals surface area contributed by atoms with Crippen LogP contribution in [0.5, 0.6) is 11.7 Å². The highest BCUT2D eigenvalue weighted by Gasteiger charge is 2.22. The Morgan fingerprint density at radius 3 is 1.81 bits per heavy atom. The van der Waals surface area contributed by atoms with Crippen molar-refractivity contribution in [2.75, 3.05) is 13.7 Å². The summed E-state index contributed by atoms with van der Waals surface area (Å²) in [6, 6.07) is 30.3. The molecular formula is C30H24N2O5. The summed E-state index contributed by atoms with van der Waals surface area (Å²) in [5.74, 6) is -0.0713. The van der Waals surface area contributed by atoms with Crippen LogP contribution in [0.4, 0.5) is 0 Å². The van der Waals surface area contributed by atoms with Gasteiger partial charge in [0.15, 0.2) is 5.95 Å². The molecule has 0 spiro atoms. The maximum atomic E-state index is 12.6. The number of esters is 1. The number of rotatable bonds is 7. The Morgan fingerprint density at radius 2 is 1.27 bits per heavy atom. The SMILES string of the molecule is CCOC(=O)c1ccc(-c2ccc(-c3c([O-])on[n+]3-c3ccc(-c4ccc(OC)cc4)cc3)cc2)cc1. The van der Waals surface area contributed by atoms with Gasteiger partial charge < -0.3 is 19.1 Å². The zero-order valence-corrected chi connectivity index (χ0v) is 20.4. The van der Waals surface area contributed by atoms with E-state index >= 15 is 0 Å². The fraction of sp³-hybridized carbons (Fsp3) is 0.100. The first-order valence-electron chi connectivity index (χ1n) is 11.8. The number of carbonyl (C=O) groups is 1. The zero-order chi connectivity index (χ0) is 25.8. The fourth-order valence-electron chi connectivity index (χ4n) is 4.08. The smallest absolute Gasteiger partial charge is 0.338 e. The van der Waals surface area contributed by atoms with Gasteiger partial charge in [0.25, 0.3) is 5.69 Å². The zero-order valence-electron chi connectivity index (χ0n) is 20.4. The molecule has 0 atom stereocenters. The molecular weight excluding hydrogens is 468 g/mol. The molecule has 5 rings (SSSR count). The van der Waals surface area contributed by atoms with E-state index in [4.69, 9.17) is 14.0 Å². The molecule has 0 saturated heterocycles. The molecule has 0 unspecified atom stereocenters. The van der Waals surface area contributed by atoms with Gasteiger partial charge in [-0.3, -0.25) is 0 Å². The highest BCUT2D eigenvalue weighted by atomic mass is 16.6. The number of ether oxygens (including phenoxy) is 2. The van der Waals surface area contributed by atoms with Gasteiger partial charge in [0, 0.05) is 12.1 Å². The summed E-state index contributed by atoms with van der Waals surface area (Å²) in [6.45, 7) is 2.11. The number of hydrogen-bond donors (Lipinski definition) is 0. The van der Waals surface area contributed by atoms with Gasteiger partial charge in [-0.25, -0.2) is 4.79 Å². The van der Waals surface area contributed by atoms with Gasteiger partial charge >= 0.3 is 5.97 Å². The highest BCUT2D eigenvalue weighted by Crippen LogP contribution is 2.29. The van der Waals surface area contributed by atoms with Crippen molar-refractivity contribution in [1.29, 1.82) is 0 Å². The minimum Gasteiger partial charge on any atom is -0.539 e. The molecule has 0 bridgehead atoms. The summed E-state index contributed by atoms with van der Waals surface area (Å²) in [5.41, 5.74) is 6.18. The molecule has 7 nitrogen and oxygen atoms in total. The fourth-order valence-corrected chi connectivity index (χ4v) is 4.08. The normalized spacial score (nSPS) is 10.8. The number of hydrogen-bond acceptors (Lipinski definition) is 6. The van der Waals surface area contributed by atoms with Crippen molar-refractivity contribution in [2.45, 2.75) is 6.92 Å². The minimum atomic E-state index is -0.522. The van der Waals surface area contributed by atoms with Crippen molar-refractivity contribution in [3.05, 3.63) is 103 Å². The van der Waals surface area contributed by atoms with Crippen LogP contribution in [0, 0.1) is 0 Å². The standard InChI is InChI=1S/C30H24N2O5/c1-3-36-29(33)25-10-6-21(7-11-25)20-4-8-24(9-5-20)28-30(34)37-31-32(28)26-16-12-22(13-17-26)23-14-18-27(35-2)19-15-23/h4-19H,3H2,1-2H3. The molecule has 1 heterocycles. The lowest BCUT2D eigenvalue weighted by Gasteiger charge is -2.06. The largest absolute Gasteiger partial charge is 0.539 e. The highest BCUT2D eigenvalue weighted by molar-refractivity contribution is 5.90. The third-order valence-corrected chi connectivity index (χ3v) is 6.03. The Hall–Kier alpha value is -4.91. The minimum absolute atomic E-state index is 0.333. The van der Waals surface area contributed by atoms with E-state index in [9.17, 15) is 9.90 Å². The Labute approximate surface area is 214 Å². The van der Waals surface area contributed by atoms with Gasteiger partial charge in [-0.1, -0.05) is 36.4 Å². The Balaban J connectivity index is 1.39. The molecule has 37 heavy (non-hydrogen) atoms. The van der Waals surface area contributed by atoms with Crippen LogP contribution in [-0.4, -0.2) is 25.0 Å². The first-order valence-corrected chi connectivity index (χ1v) is 11.8. The Bertz CT molecular complexity index is 1510. The molecule has 5 aromatic rings. The second-order valence-corrected chi connectivity index (χ2v) is 8.27. The molecule has 0 aliphatic heterocycles. The first kappa shape index (κ1) is 23.8. The molecule has 0 radical (unpaired) electrons. The van der Waals surface area contributed by atoms with Gasteiger partial charge in [-0.15, -0.1) is 0 Å². The molecule has 0 amide bonds. The number of nitrogens with zero attached hydrogens (tertiary/aromatic N) is 2. The van der Waals surface area contributed by atoms with Crippen LogP contribution in [0.3, 0.4) is 0 Å². The molecule has 0 N–H and O–H groups in total. The summed E-state index contributed by atoms with van der Waals surface area (Å²) in [4.78, 5) is 11.9. The van der Waals surface area contributed by atoms with Crippen molar-refractivity contribution in [3.8, 4) is 50.9 Å². The number of benzene rings is 4. The van der Waals surface area contributed by atoms with Gasteiger partial charge in [-0.2, -0.15) is 0 Å². The average molecular weight is 493 g/mol. The van der Waals surface area contributed by atoms with Crippen LogP contribution in [0.2, 0.25) is 0 Å². The lowest BCUT2D eigenvalue weighted by Crippen LogP contribution is -2.34. The van der Waals surface area contributed by atoms with Crippen molar-refractivity contribution in [1.82, 2.24) is 5.27 Å². The quantitative estimate of drug-likeness (QED) is 0.229. The molecule has 7 heteroatoms. The van der Waals surface area contributed by atoms with Gasteiger partial charge in [0.2, 0.25) is 5.69 Å². The van der Waals surface area contributed by atoms with Crippen LogP contribution in [0.15, 0.2) is 102 Å². The predicted octanol–water partition coefficient (Wildman–Crippen LogP) is 5.21. The molecule has 0 aliphatic carbocycles. The monoisotopic (exact) mass is 492 g/mol. The summed E-state index contributed by atoms with van der Waals surface area (Å²) in [7, 11) is 1.64. The van der Waals surface area contributed by atoms with Crippen LogP contribution >= 0.6 is 0 Å². The predicted molar refractivity (Wildman–Crippen MR) is 136 cm³/mol. The van der Waals surface area contributed by atoms with Gasteiger partial charge in [-0.05, 0) is 82.4 Å². The van der Waals surface area contributed by atoms with Crippen molar-refractivity contribution >= 4 is 5.97 Å². The van der Waals surface area contributed by atoms with E-state index in [1.807, 2.05) is 84.9 Å². The first-order chi connectivity index (χ1) is 18.1. The maximum Gasteiger partial charge on any atom is 0.338 e. The number of aromatic nitrogens is 2. The summed E-state index contributed by atoms with van der Waals surface area (Å²) in [6.07, 6.45) is 0. The van der Waals surface area contributed by atoms with E-state index in [1.54, 1.807) is 26.2 Å². The summed E-state index contributed by atoms with van der Waals surface area (Å²) >= 11 is 0. The molecule has 0 saturated carbocycles. The van der Waals surface area contributed by atoms with E-state index in [0.29, 0.717) is 29.1 Å². The third kappa shape index (κ3) is 4.92. The van der Waals surface area contributed by atoms with Crippen molar-refractivity contribution < 1.29 is 28.6 Å². The van der Waals surface area contributed by atoms with Crippen LogP contribution in [-0.2, 0) is 4.74 Å². The van der Waals surface area contributed by atoms with E-state index in [2.05, 4.69) is 5.27 Å². The lowest BCUT2D eigenvalue weighted by molar-refractivity contribution is -0.660. The average Bonchev–Trinajstić information content (AvgIpc) is 3.34. The second kappa shape index (κ2) is 10.4. The Kier molecular flexibility index (Phi) is 6.68. The second-order valence-electron chi connectivity index (χ2n) is 8.27. The Morgan fingerprint density at radius 1 is 0.784 bits per heavy atom. The summed E-state index contributed by atoms with van der Waals surface area (Å²) in [5, 5.41) is 16.5. The van der Waals surface area contributed by atoms with Crippen LogP contribution in [0.1, 0.15) is 17.3 Å². The third-order valence-electron chi connectivity index (χ3n) is 6.03. The van der Waals surface area contributed by atoms with Crippen molar-refractivity contribution in [3.63, 3.8) is 0 Å². The molecule has 0 fully saturated rings. The van der Waals surface area contributed by atoms with Crippen molar-refractivity contribution in [2.24, 2.45) is 0 Å². The molecule has 184 valence electrons. The maximum absolute atomic E-state index is 12.6. The van der Waals surface area contributed by atoms with Crippen LogP contribution in [0.25, 0.3) is 39.2 Å². The van der Waals surface area contributed by atoms with Gasteiger partial charge in [0.05, 0.1) is 30.1 Å². The summed E-state index contributed by atoms with van der Waals surface area (Å²) < 4.78 is 16.8. The van der Waals surface area contributed by atoms with Gasteiger partial charge in [0.1, 0.15) is 5.75 Å².